The Hall–Kier alpha value is -0.610. The van der Waals surface area contributed by atoms with Crippen LogP contribution in [0, 0.1) is 5.92 Å². The lowest BCUT2D eigenvalue weighted by Gasteiger charge is -2.25. The second-order valence-corrected chi connectivity index (χ2v) is 4.35. The molecule has 2 atom stereocenters. The number of nitrogens with two attached hydrogens (primary N) is 1. The molecular weight excluding hydrogens is 168 g/mol. The van der Waals surface area contributed by atoms with E-state index in [4.69, 9.17) is 10.8 Å². The molecule has 4 heteroatoms. The number of carboxylic acids is 1. The fourth-order valence-corrected chi connectivity index (χ4v) is 1.70. The molecule has 1 aliphatic rings. The van der Waals surface area contributed by atoms with Gasteiger partial charge in [-0.05, 0) is 25.8 Å². The smallest absolute Gasteiger partial charge is 0.324 e. The molecule has 0 aromatic rings. The van der Waals surface area contributed by atoms with Crippen molar-refractivity contribution in [3.8, 4) is 0 Å². The molecule has 0 aromatic heterocycles. The first kappa shape index (κ1) is 10.5. The van der Waals surface area contributed by atoms with Gasteiger partial charge in [0.2, 0.25) is 0 Å². The molecule has 76 valence electrons. The second-order valence-electron chi connectivity index (χ2n) is 4.35. The molecule has 0 aromatic carbocycles. The Morgan fingerprint density at radius 1 is 1.77 bits per heavy atom. The van der Waals surface area contributed by atoms with Crippen LogP contribution in [0.15, 0.2) is 0 Å². The number of likely N-dealkylation sites (tertiary alicyclic amines) is 1. The van der Waals surface area contributed by atoms with Crippen molar-refractivity contribution >= 4 is 5.97 Å². The van der Waals surface area contributed by atoms with Crippen LogP contribution in [0.3, 0.4) is 0 Å². The number of rotatable bonds is 3. The lowest BCUT2D eigenvalue weighted by molar-refractivity contribution is -0.143. The van der Waals surface area contributed by atoms with Crippen LogP contribution < -0.4 is 5.73 Å². The summed E-state index contributed by atoms with van der Waals surface area (Å²) in [7, 11) is 0. The molecule has 4 nitrogen and oxygen atoms in total. The van der Waals surface area contributed by atoms with Gasteiger partial charge in [-0.1, -0.05) is 6.92 Å². The fraction of sp³-hybridized carbons (Fsp3) is 0.889. The standard InChI is InChI=1S/C9H18N2O2/c1-7-3-4-11(5-7)6-9(2,10)8(12)13/h7H,3-6,10H2,1-2H3,(H,12,13). The molecule has 0 spiro atoms. The van der Waals surface area contributed by atoms with Gasteiger partial charge in [-0.3, -0.25) is 4.79 Å². The monoisotopic (exact) mass is 186 g/mol. The Bertz CT molecular complexity index is 204. The van der Waals surface area contributed by atoms with Crippen molar-refractivity contribution < 1.29 is 9.90 Å². The number of hydrogen-bond donors (Lipinski definition) is 2. The Kier molecular flexibility index (Phi) is 2.93. The summed E-state index contributed by atoms with van der Waals surface area (Å²) in [4.78, 5) is 12.9. The van der Waals surface area contributed by atoms with E-state index in [1.165, 1.54) is 0 Å². The van der Waals surface area contributed by atoms with E-state index in [0.29, 0.717) is 12.5 Å². The van der Waals surface area contributed by atoms with Crippen molar-refractivity contribution in [3.05, 3.63) is 0 Å². The highest BCUT2D eigenvalue weighted by Gasteiger charge is 2.32. The number of nitrogens with zero attached hydrogens (tertiary/aromatic N) is 1. The highest BCUT2D eigenvalue weighted by atomic mass is 16.4. The fourth-order valence-electron chi connectivity index (χ4n) is 1.70. The summed E-state index contributed by atoms with van der Waals surface area (Å²) < 4.78 is 0. The molecule has 13 heavy (non-hydrogen) atoms. The molecule has 1 heterocycles. The van der Waals surface area contributed by atoms with Crippen LogP contribution in [0.25, 0.3) is 0 Å². The summed E-state index contributed by atoms with van der Waals surface area (Å²) in [5, 5.41) is 8.82. The Morgan fingerprint density at radius 2 is 2.38 bits per heavy atom. The molecule has 1 rings (SSSR count). The van der Waals surface area contributed by atoms with Gasteiger partial charge >= 0.3 is 5.97 Å². The van der Waals surface area contributed by atoms with Gasteiger partial charge in [-0.15, -0.1) is 0 Å². The van der Waals surface area contributed by atoms with Crippen LogP contribution in [-0.4, -0.2) is 41.1 Å². The van der Waals surface area contributed by atoms with Crippen LogP contribution >= 0.6 is 0 Å². The predicted octanol–water partition coefficient (Wildman–Crippen LogP) is 0.130. The largest absolute Gasteiger partial charge is 0.480 e. The van der Waals surface area contributed by atoms with E-state index >= 15 is 0 Å². The van der Waals surface area contributed by atoms with E-state index in [9.17, 15) is 4.79 Å². The minimum absolute atomic E-state index is 0.451. The maximum Gasteiger partial charge on any atom is 0.324 e. The van der Waals surface area contributed by atoms with Crippen molar-refractivity contribution in [2.24, 2.45) is 11.7 Å². The van der Waals surface area contributed by atoms with Crippen molar-refractivity contribution in [2.45, 2.75) is 25.8 Å². The first-order valence-corrected chi connectivity index (χ1v) is 4.66. The topological polar surface area (TPSA) is 66.6 Å². The molecule has 0 radical (unpaired) electrons. The van der Waals surface area contributed by atoms with Crippen molar-refractivity contribution in [1.29, 1.82) is 0 Å². The lowest BCUT2D eigenvalue weighted by Crippen LogP contribution is -2.53. The molecule has 0 amide bonds. The first-order chi connectivity index (χ1) is 5.92. The van der Waals surface area contributed by atoms with E-state index in [1.54, 1.807) is 6.92 Å². The molecule has 0 aliphatic carbocycles. The number of carbonyl (C=O) groups is 1. The SMILES string of the molecule is CC1CCN(CC(C)(N)C(=O)O)C1. The van der Waals surface area contributed by atoms with E-state index in [1.807, 2.05) is 0 Å². The summed E-state index contributed by atoms with van der Waals surface area (Å²) in [6, 6.07) is 0. The van der Waals surface area contributed by atoms with Gasteiger partial charge in [0, 0.05) is 13.1 Å². The van der Waals surface area contributed by atoms with Crippen LogP contribution in [-0.2, 0) is 4.79 Å². The van der Waals surface area contributed by atoms with E-state index in [2.05, 4.69) is 11.8 Å². The van der Waals surface area contributed by atoms with Crippen molar-refractivity contribution in [3.63, 3.8) is 0 Å². The van der Waals surface area contributed by atoms with E-state index in [-0.39, 0.29) is 0 Å². The maximum atomic E-state index is 10.7. The van der Waals surface area contributed by atoms with Gasteiger partial charge in [0.25, 0.3) is 0 Å². The lowest BCUT2D eigenvalue weighted by atomic mass is 10.0. The Morgan fingerprint density at radius 3 is 2.77 bits per heavy atom. The molecule has 1 aliphatic heterocycles. The minimum atomic E-state index is -1.11. The number of hydrogen-bond acceptors (Lipinski definition) is 3. The molecule has 1 fully saturated rings. The second kappa shape index (κ2) is 3.64. The normalized spacial score (nSPS) is 28.7. The number of aliphatic carboxylic acids is 1. The third kappa shape index (κ3) is 2.67. The molecule has 3 N–H and O–H groups in total. The van der Waals surface area contributed by atoms with Crippen LogP contribution in [0.1, 0.15) is 20.3 Å². The Balaban J connectivity index is 2.44. The Labute approximate surface area is 78.7 Å². The summed E-state index contributed by atoms with van der Waals surface area (Å²) in [5.41, 5.74) is 4.54. The maximum absolute atomic E-state index is 10.7. The minimum Gasteiger partial charge on any atom is -0.480 e. The highest BCUT2D eigenvalue weighted by Crippen LogP contribution is 2.16. The summed E-state index contributed by atoms with van der Waals surface area (Å²) >= 11 is 0. The summed E-state index contributed by atoms with van der Waals surface area (Å²) in [5.74, 6) is -0.253. The number of carboxylic acid groups (broad SMARTS) is 1. The van der Waals surface area contributed by atoms with Crippen LogP contribution in [0.5, 0.6) is 0 Å². The summed E-state index contributed by atoms with van der Waals surface area (Å²) in [6.45, 7) is 6.14. The van der Waals surface area contributed by atoms with Crippen molar-refractivity contribution in [2.75, 3.05) is 19.6 Å². The third-order valence-corrected chi connectivity index (χ3v) is 2.55. The average molecular weight is 186 g/mol. The van der Waals surface area contributed by atoms with Crippen LogP contribution in [0.4, 0.5) is 0 Å². The zero-order valence-electron chi connectivity index (χ0n) is 8.29. The van der Waals surface area contributed by atoms with Crippen molar-refractivity contribution in [1.82, 2.24) is 4.90 Å². The van der Waals surface area contributed by atoms with Gasteiger partial charge < -0.3 is 15.7 Å². The van der Waals surface area contributed by atoms with Gasteiger partial charge in [-0.25, -0.2) is 0 Å². The van der Waals surface area contributed by atoms with E-state index in [0.717, 1.165) is 19.5 Å². The van der Waals surface area contributed by atoms with Gasteiger partial charge in [-0.2, -0.15) is 0 Å². The average Bonchev–Trinajstić information content (AvgIpc) is 2.34. The predicted molar refractivity (Wildman–Crippen MR) is 50.4 cm³/mol. The van der Waals surface area contributed by atoms with Crippen LogP contribution in [0.2, 0.25) is 0 Å². The van der Waals surface area contributed by atoms with E-state index < -0.39 is 11.5 Å². The third-order valence-electron chi connectivity index (χ3n) is 2.55. The van der Waals surface area contributed by atoms with Gasteiger partial charge in [0.05, 0.1) is 0 Å². The highest BCUT2D eigenvalue weighted by molar-refractivity contribution is 5.78. The summed E-state index contributed by atoms with van der Waals surface area (Å²) in [6.07, 6.45) is 1.15. The zero-order valence-corrected chi connectivity index (χ0v) is 8.29. The molecular formula is C9H18N2O2. The molecule has 1 saturated heterocycles. The molecule has 2 unspecified atom stereocenters. The zero-order chi connectivity index (χ0) is 10.1. The first-order valence-electron chi connectivity index (χ1n) is 4.66. The van der Waals surface area contributed by atoms with Gasteiger partial charge in [0.1, 0.15) is 5.54 Å². The quantitative estimate of drug-likeness (QED) is 0.657. The molecule has 0 saturated carbocycles. The van der Waals surface area contributed by atoms with Gasteiger partial charge in [0.15, 0.2) is 0 Å². The molecule has 0 bridgehead atoms.